The van der Waals surface area contributed by atoms with Gasteiger partial charge in [0, 0.05) is 13.0 Å². The predicted octanol–water partition coefficient (Wildman–Crippen LogP) is 2.14. The molecule has 0 aliphatic carbocycles. The Morgan fingerprint density at radius 1 is 1.36 bits per heavy atom. The van der Waals surface area contributed by atoms with Gasteiger partial charge in [-0.1, -0.05) is 12.1 Å². The van der Waals surface area contributed by atoms with Gasteiger partial charge in [0.05, 0.1) is 11.3 Å². The van der Waals surface area contributed by atoms with Crippen molar-refractivity contribution < 1.29 is 0 Å². The van der Waals surface area contributed by atoms with Gasteiger partial charge in [-0.2, -0.15) is 5.26 Å². The van der Waals surface area contributed by atoms with Crippen LogP contribution in [0.2, 0.25) is 0 Å². The number of benzene rings is 1. The van der Waals surface area contributed by atoms with Gasteiger partial charge in [-0.25, -0.2) is 0 Å². The van der Waals surface area contributed by atoms with Gasteiger partial charge >= 0.3 is 0 Å². The Kier molecular flexibility index (Phi) is 2.19. The fourth-order valence-corrected chi connectivity index (χ4v) is 1.74. The summed E-state index contributed by atoms with van der Waals surface area (Å²) < 4.78 is 0. The van der Waals surface area contributed by atoms with E-state index < -0.39 is 0 Å². The zero-order valence-corrected chi connectivity index (χ0v) is 7.83. The highest BCUT2D eigenvalue weighted by molar-refractivity contribution is 5.98. The average Bonchev–Trinajstić information content (AvgIpc) is 2.64. The lowest BCUT2D eigenvalue weighted by atomic mass is 10.2. The molecule has 1 aliphatic heterocycles. The first kappa shape index (κ1) is 8.76. The molecule has 0 radical (unpaired) electrons. The van der Waals surface area contributed by atoms with Crippen molar-refractivity contribution in [2.45, 2.75) is 12.8 Å². The highest BCUT2D eigenvalue weighted by Crippen LogP contribution is 2.24. The summed E-state index contributed by atoms with van der Waals surface area (Å²) in [5.41, 5.74) is 1.52. The molecule has 0 unspecified atom stereocenters. The number of rotatable bonds is 1. The first-order valence-corrected chi connectivity index (χ1v) is 4.67. The maximum atomic E-state index is 8.92. The summed E-state index contributed by atoms with van der Waals surface area (Å²) in [5, 5.41) is 16.6. The minimum atomic E-state index is 0.618. The van der Waals surface area contributed by atoms with E-state index in [1.54, 1.807) is 6.07 Å². The van der Waals surface area contributed by atoms with Crippen LogP contribution in [-0.2, 0) is 0 Å². The van der Waals surface area contributed by atoms with Gasteiger partial charge in [-0.15, -0.1) is 0 Å². The van der Waals surface area contributed by atoms with Gasteiger partial charge < -0.3 is 4.90 Å². The van der Waals surface area contributed by atoms with Gasteiger partial charge in [-0.05, 0) is 18.6 Å². The number of para-hydroxylation sites is 1. The maximum absolute atomic E-state index is 8.92. The van der Waals surface area contributed by atoms with Crippen LogP contribution in [0.1, 0.15) is 18.4 Å². The molecular formula is C11H11N3. The van der Waals surface area contributed by atoms with Crippen molar-refractivity contribution >= 4 is 11.5 Å². The molecule has 0 bridgehead atoms. The molecule has 3 nitrogen and oxygen atoms in total. The summed E-state index contributed by atoms with van der Waals surface area (Å²) in [6.07, 6.45) is 1.83. The molecular weight excluding hydrogens is 174 g/mol. The fourth-order valence-electron chi connectivity index (χ4n) is 1.74. The van der Waals surface area contributed by atoms with Crippen LogP contribution in [0, 0.1) is 16.7 Å². The summed E-state index contributed by atoms with van der Waals surface area (Å²) in [6.45, 7) is 0.859. The van der Waals surface area contributed by atoms with E-state index in [-0.39, 0.29) is 0 Å². The molecule has 0 atom stereocenters. The summed E-state index contributed by atoms with van der Waals surface area (Å²) >= 11 is 0. The van der Waals surface area contributed by atoms with Gasteiger partial charge in [0.25, 0.3) is 0 Å². The van der Waals surface area contributed by atoms with Crippen molar-refractivity contribution in [2.75, 3.05) is 11.4 Å². The van der Waals surface area contributed by atoms with Crippen molar-refractivity contribution in [3.05, 3.63) is 29.8 Å². The molecule has 0 spiro atoms. The molecule has 2 rings (SSSR count). The zero-order valence-electron chi connectivity index (χ0n) is 7.83. The van der Waals surface area contributed by atoms with Crippen LogP contribution in [-0.4, -0.2) is 12.4 Å². The molecule has 0 amide bonds. The Hall–Kier alpha value is -1.82. The van der Waals surface area contributed by atoms with E-state index in [0.717, 1.165) is 25.1 Å². The Morgan fingerprint density at radius 3 is 2.79 bits per heavy atom. The largest absolute Gasteiger partial charge is 0.329 e. The topological polar surface area (TPSA) is 50.9 Å². The van der Waals surface area contributed by atoms with Gasteiger partial charge in [0.15, 0.2) is 0 Å². The molecule has 14 heavy (non-hydrogen) atoms. The van der Waals surface area contributed by atoms with Crippen LogP contribution in [0.25, 0.3) is 0 Å². The second kappa shape index (κ2) is 3.51. The van der Waals surface area contributed by atoms with E-state index in [4.69, 9.17) is 10.7 Å². The maximum Gasteiger partial charge on any atom is 0.101 e. The lowest BCUT2D eigenvalue weighted by molar-refractivity contribution is 0.955. The number of nitriles is 1. The summed E-state index contributed by atoms with van der Waals surface area (Å²) in [4.78, 5) is 1.92. The molecule has 1 aromatic carbocycles. The molecule has 1 N–H and O–H groups in total. The number of anilines is 1. The van der Waals surface area contributed by atoms with Crippen LogP contribution in [0.3, 0.4) is 0 Å². The third kappa shape index (κ3) is 1.35. The molecule has 0 aromatic heterocycles. The van der Waals surface area contributed by atoms with Gasteiger partial charge in [0.2, 0.25) is 0 Å². The van der Waals surface area contributed by atoms with Crippen molar-refractivity contribution in [1.82, 2.24) is 0 Å². The van der Waals surface area contributed by atoms with Gasteiger partial charge in [0.1, 0.15) is 11.9 Å². The van der Waals surface area contributed by atoms with Crippen LogP contribution < -0.4 is 4.90 Å². The Labute approximate surface area is 83.1 Å². The average molecular weight is 185 g/mol. The Balaban J connectivity index is 2.41. The molecule has 1 aromatic rings. The van der Waals surface area contributed by atoms with Crippen LogP contribution in [0.4, 0.5) is 5.69 Å². The highest BCUT2D eigenvalue weighted by atomic mass is 15.2. The van der Waals surface area contributed by atoms with Crippen LogP contribution in [0.5, 0.6) is 0 Å². The third-order valence-electron chi connectivity index (χ3n) is 2.44. The molecule has 1 heterocycles. The SMILES string of the molecule is N#Cc1ccccc1N1CCCC1=N. The molecule has 1 fully saturated rings. The quantitative estimate of drug-likeness (QED) is 0.728. The van der Waals surface area contributed by atoms with E-state index in [1.807, 2.05) is 23.1 Å². The second-order valence-electron chi connectivity index (χ2n) is 3.33. The number of nitrogens with one attached hydrogen (secondary N) is 1. The number of hydrogen-bond donors (Lipinski definition) is 1. The van der Waals surface area contributed by atoms with Crippen LogP contribution in [0.15, 0.2) is 24.3 Å². The molecule has 1 saturated heterocycles. The van der Waals surface area contributed by atoms with Crippen molar-refractivity contribution in [3.8, 4) is 6.07 Å². The molecule has 1 aliphatic rings. The summed E-state index contributed by atoms with van der Waals surface area (Å²) in [5.74, 6) is 0.618. The summed E-state index contributed by atoms with van der Waals surface area (Å²) in [6, 6.07) is 9.60. The van der Waals surface area contributed by atoms with Crippen molar-refractivity contribution in [3.63, 3.8) is 0 Å². The van der Waals surface area contributed by atoms with E-state index >= 15 is 0 Å². The lowest BCUT2D eigenvalue weighted by Crippen LogP contribution is -2.23. The summed E-state index contributed by atoms with van der Waals surface area (Å²) in [7, 11) is 0. The smallest absolute Gasteiger partial charge is 0.101 e. The van der Waals surface area contributed by atoms with E-state index in [0.29, 0.717) is 11.4 Å². The van der Waals surface area contributed by atoms with E-state index in [9.17, 15) is 0 Å². The number of nitrogens with zero attached hydrogens (tertiary/aromatic N) is 2. The van der Waals surface area contributed by atoms with Gasteiger partial charge in [-0.3, -0.25) is 5.41 Å². The fraction of sp³-hybridized carbons (Fsp3) is 0.273. The lowest BCUT2D eigenvalue weighted by Gasteiger charge is -2.18. The minimum Gasteiger partial charge on any atom is -0.329 e. The van der Waals surface area contributed by atoms with E-state index in [1.165, 1.54) is 0 Å². The minimum absolute atomic E-state index is 0.618. The monoisotopic (exact) mass is 185 g/mol. The van der Waals surface area contributed by atoms with Crippen LogP contribution >= 0.6 is 0 Å². The van der Waals surface area contributed by atoms with Crippen molar-refractivity contribution in [2.24, 2.45) is 0 Å². The third-order valence-corrected chi connectivity index (χ3v) is 2.44. The zero-order chi connectivity index (χ0) is 9.97. The van der Waals surface area contributed by atoms with Crippen molar-refractivity contribution in [1.29, 1.82) is 10.7 Å². The normalized spacial score (nSPS) is 15.6. The predicted molar refractivity (Wildman–Crippen MR) is 55.5 cm³/mol. The molecule has 70 valence electrons. The highest BCUT2D eigenvalue weighted by Gasteiger charge is 2.20. The first-order chi connectivity index (χ1) is 6.83. The number of amidine groups is 1. The molecule has 3 heteroatoms. The molecule has 0 saturated carbocycles. The second-order valence-corrected chi connectivity index (χ2v) is 3.33. The number of hydrogen-bond acceptors (Lipinski definition) is 2. The van der Waals surface area contributed by atoms with E-state index in [2.05, 4.69) is 6.07 Å². The first-order valence-electron chi connectivity index (χ1n) is 4.67. The Bertz CT molecular complexity index is 403. The Morgan fingerprint density at radius 2 is 2.14 bits per heavy atom. The standard InChI is InChI=1S/C11H11N3/c12-8-9-4-1-2-5-10(9)14-7-3-6-11(14)13/h1-2,4-5,13H,3,6-7H2.